The maximum Gasteiger partial charge on any atom is 0.360 e. The SMILES string of the molecule is CCOC(=O)C(=N)c1nnn(COCC[Si](C)(C)C)n1. The molecule has 1 heterocycles. The summed E-state index contributed by atoms with van der Waals surface area (Å²) in [4.78, 5) is 12.5. The van der Waals surface area contributed by atoms with E-state index in [1.807, 2.05) is 0 Å². The van der Waals surface area contributed by atoms with Gasteiger partial charge in [-0.1, -0.05) is 19.6 Å². The fourth-order valence-electron chi connectivity index (χ4n) is 1.22. The Morgan fingerprint density at radius 2 is 2.10 bits per heavy atom. The van der Waals surface area contributed by atoms with Crippen LogP contribution in [0.1, 0.15) is 12.7 Å². The van der Waals surface area contributed by atoms with Crippen molar-refractivity contribution >= 4 is 19.8 Å². The molecule has 0 fully saturated rings. The Morgan fingerprint density at radius 1 is 1.40 bits per heavy atom. The molecule has 0 aliphatic carbocycles. The molecule has 0 bridgehead atoms. The molecule has 0 saturated carbocycles. The minimum absolute atomic E-state index is 0.0581. The summed E-state index contributed by atoms with van der Waals surface area (Å²) in [5.74, 6) is -0.816. The van der Waals surface area contributed by atoms with E-state index >= 15 is 0 Å². The Morgan fingerprint density at radius 3 is 2.70 bits per heavy atom. The van der Waals surface area contributed by atoms with Crippen LogP contribution in [-0.4, -0.2) is 53.2 Å². The summed E-state index contributed by atoms with van der Waals surface area (Å²) in [5, 5.41) is 18.8. The van der Waals surface area contributed by atoms with Gasteiger partial charge in [-0.3, -0.25) is 5.41 Å². The number of nitrogens with zero attached hydrogens (tertiary/aromatic N) is 4. The number of tetrazole rings is 1. The Labute approximate surface area is 119 Å². The average molecular weight is 299 g/mol. The van der Waals surface area contributed by atoms with E-state index in [9.17, 15) is 4.79 Å². The van der Waals surface area contributed by atoms with Gasteiger partial charge in [0.05, 0.1) is 6.61 Å². The largest absolute Gasteiger partial charge is 0.461 e. The van der Waals surface area contributed by atoms with Crippen LogP contribution in [0.25, 0.3) is 0 Å². The lowest BCUT2D eigenvalue weighted by Gasteiger charge is -2.14. The van der Waals surface area contributed by atoms with E-state index in [0.717, 1.165) is 6.04 Å². The quantitative estimate of drug-likeness (QED) is 0.331. The zero-order valence-corrected chi connectivity index (χ0v) is 13.3. The Balaban J connectivity index is 2.43. The summed E-state index contributed by atoms with van der Waals surface area (Å²) in [6.45, 7) is 9.47. The first-order valence-electron chi connectivity index (χ1n) is 6.45. The average Bonchev–Trinajstić information content (AvgIpc) is 2.81. The van der Waals surface area contributed by atoms with Gasteiger partial charge in [0.1, 0.15) is 0 Å². The molecule has 0 saturated heterocycles. The lowest BCUT2D eigenvalue weighted by atomic mass is 10.4. The summed E-state index contributed by atoms with van der Waals surface area (Å²) >= 11 is 0. The third kappa shape index (κ3) is 5.57. The number of ether oxygens (including phenoxy) is 2. The van der Waals surface area contributed by atoms with Crippen LogP contribution in [0.2, 0.25) is 25.7 Å². The highest BCUT2D eigenvalue weighted by Gasteiger charge is 2.18. The van der Waals surface area contributed by atoms with Crippen LogP contribution in [0.4, 0.5) is 0 Å². The van der Waals surface area contributed by atoms with Gasteiger partial charge in [0, 0.05) is 14.7 Å². The Hall–Kier alpha value is -1.61. The molecule has 0 aromatic carbocycles. The van der Waals surface area contributed by atoms with Gasteiger partial charge in [0.15, 0.2) is 12.4 Å². The van der Waals surface area contributed by atoms with Crippen LogP contribution >= 0.6 is 0 Å². The summed E-state index contributed by atoms with van der Waals surface area (Å²) < 4.78 is 10.1. The van der Waals surface area contributed by atoms with Gasteiger partial charge in [-0.2, -0.15) is 0 Å². The normalized spacial score (nSPS) is 11.4. The molecule has 20 heavy (non-hydrogen) atoms. The van der Waals surface area contributed by atoms with E-state index in [-0.39, 0.29) is 19.2 Å². The second kappa shape index (κ2) is 7.24. The second-order valence-electron chi connectivity index (χ2n) is 5.43. The number of hydrogen-bond acceptors (Lipinski definition) is 7. The van der Waals surface area contributed by atoms with Crippen molar-refractivity contribution in [2.75, 3.05) is 13.2 Å². The Bertz CT molecular complexity index is 469. The zero-order valence-electron chi connectivity index (χ0n) is 12.3. The molecule has 9 heteroatoms. The molecule has 8 nitrogen and oxygen atoms in total. The van der Waals surface area contributed by atoms with E-state index in [1.54, 1.807) is 6.92 Å². The number of esters is 1. The van der Waals surface area contributed by atoms with Crippen molar-refractivity contribution in [3.8, 4) is 0 Å². The first-order valence-corrected chi connectivity index (χ1v) is 10.2. The van der Waals surface area contributed by atoms with Crippen molar-refractivity contribution < 1.29 is 14.3 Å². The highest BCUT2D eigenvalue weighted by Crippen LogP contribution is 2.07. The van der Waals surface area contributed by atoms with Gasteiger partial charge in [0.25, 0.3) is 0 Å². The fraction of sp³-hybridized carbons (Fsp3) is 0.727. The molecule has 0 radical (unpaired) electrons. The molecule has 1 aromatic rings. The van der Waals surface area contributed by atoms with Crippen molar-refractivity contribution in [1.29, 1.82) is 5.41 Å². The lowest BCUT2D eigenvalue weighted by Crippen LogP contribution is -2.22. The lowest BCUT2D eigenvalue weighted by molar-refractivity contribution is -0.135. The molecule has 1 N–H and O–H groups in total. The molecule has 0 amide bonds. The number of carbonyl (C=O) groups excluding carboxylic acids is 1. The predicted molar refractivity (Wildman–Crippen MR) is 75.4 cm³/mol. The number of aromatic nitrogens is 4. The molecule has 112 valence electrons. The smallest absolute Gasteiger partial charge is 0.360 e. The van der Waals surface area contributed by atoms with E-state index in [1.165, 1.54) is 4.80 Å². The molecule has 1 aromatic heterocycles. The van der Waals surface area contributed by atoms with Gasteiger partial charge in [-0.05, 0) is 18.2 Å². The molecular weight excluding hydrogens is 278 g/mol. The van der Waals surface area contributed by atoms with Crippen molar-refractivity contribution in [2.24, 2.45) is 0 Å². The monoisotopic (exact) mass is 299 g/mol. The zero-order chi connectivity index (χ0) is 15.2. The third-order valence-electron chi connectivity index (χ3n) is 2.36. The van der Waals surface area contributed by atoms with E-state index in [4.69, 9.17) is 14.9 Å². The number of hydrogen-bond donors (Lipinski definition) is 1. The fourth-order valence-corrected chi connectivity index (χ4v) is 1.97. The van der Waals surface area contributed by atoms with Crippen molar-refractivity contribution in [1.82, 2.24) is 20.2 Å². The molecule has 0 unspecified atom stereocenters. The van der Waals surface area contributed by atoms with Crippen LogP contribution in [0.3, 0.4) is 0 Å². The van der Waals surface area contributed by atoms with Crippen LogP contribution in [0, 0.1) is 5.41 Å². The highest BCUT2D eigenvalue weighted by molar-refractivity contribution is 6.76. The van der Waals surface area contributed by atoms with E-state index in [2.05, 4.69) is 35.1 Å². The summed E-state index contributed by atoms with van der Waals surface area (Å²) in [5.41, 5.74) is -0.403. The predicted octanol–water partition coefficient (Wildman–Crippen LogP) is 0.916. The van der Waals surface area contributed by atoms with E-state index in [0.29, 0.717) is 6.61 Å². The molecule has 0 aliphatic heterocycles. The highest BCUT2D eigenvalue weighted by atomic mass is 28.3. The van der Waals surface area contributed by atoms with Crippen LogP contribution in [0.15, 0.2) is 0 Å². The minimum atomic E-state index is -1.12. The van der Waals surface area contributed by atoms with Gasteiger partial charge >= 0.3 is 5.97 Å². The van der Waals surface area contributed by atoms with Crippen LogP contribution in [-0.2, 0) is 21.0 Å². The number of carbonyl (C=O) groups is 1. The molecule has 0 atom stereocenters. The van der Waals surface area contributed by atoms with Gasteiger partial charge in [-0.15, -0.1) is 15.0 Å². The first kappa shape index (κ1) is 16.4. The van der Waals surface area contributed by atoms with Crippen LogP contribution in [0.5, 0.6) is 0 Å². The number of nitrogens with one attached hydrogen (secondary N) is 1. The van der Waals surface area contributed by atoms with Crippen molar-refractivity contribution in [3.63, 3.8) is 0 Å². The molecular formula is C11H21N5O3Si. The molecule has 1 rings (SSSR count). The molecule has 0 aliphatic rings. The van der Waals surface area contributed by atoms with Crippen LogP contribution < -0.4 is 0 Å². The van der Waals surface area contributed by atoms with Gasteiger partial charge < -0.3 is 9.47 Å². The minimum Gasteiger partial charge on any atom is -0.461 e. The molecule has 0 spiro atoms. The first-order chi connectivity index (χ1) is 9.33. The summed E-state index contributed by atoms with van der Waals surface area (Å²) in [7, 11) is -1.12. The standard InChI is InChI=1S/C11H21N5O3Si/c1-5-19-11(17)9(12)10-13-15-16(14-10)8-18-6-7-20(2,3)4/h12H,5-8H2,1-4H3. The Kier molecular flexibility index (Phi) is 5.96. The maximum atomic E-state index is 11.3. The summed E-state index contributed by atoms with van der Waals surface area (Å²) in [6.07, 6.45) is 0. The summed E-state index contributed by atoms with van der Waals surface area (Å²) in [6, 6.07) is 1.05. The maximum absolute atomic E-state index is 11.3. The van der Waals surface area contributed by atoms with Gasteiger partial charge in [-0.25, -0.2) is 4.79 Å². The van der Waals surface area contributed by atoms with Crippen molar-refractivity contribution in [2.45, 2.75) is 39.3 Å². The topological polar surface area (TPSA) is 103 Å². The second-order valence-corrected chi connectivity index (χ2v) is 11.1. The van der Waals surface area contributed by atoms with Crippen molar-refractivity contribution in [3.05, 3.63) is 5.82 Å². The van der Waals surface area contributed by atoms with Gasteiger partial charge in [0.2, 0.25) is 5.82 Å². The van der Waals surface area contributed by atoms with E-state index < -0.39 is 19.8 Å². The third-order valence-corrected chi connectivity index (χ3v) is 4.06. The number of rotatable bonds is 8.